The maximum Gasteiger partial charge on any atom is 0.335 e. The van der Waals surface area contributed by atoms with E-state index < -0.39 is 41.4 Å². The number of carboxylic acids is 1. The molecule has 0 bridgehead atoms. The van der Waals surface area contributed by atoms with Gasteiger partial charge >= 0.3 is 5.97 Å². The molecule has 0 aliphatic carbocycles. The number of aromatic nitrogens is 3. The van der Waals surface area contributed by atoms with E-state index in [4.69, 9.17) is 33.5 Å². The van der Waals surface area contributed by atoms with Gasteiger partial charge in [-0.1, -0.05) is 17.3 Å². The minimum Gasteiger partial charge on any atom is -0.497 e. The van der Waals surface area contributed by atoms with Crippen molar-refractivity contribution in [3.05, 3.63) is 251 Å². The number of aromatic carboxylic acids is 1. The second-order valence-corrected chi connectivity index (χ2v) is 21.8. The molecule has 7 N–H and O–H groups in total. The van der Waals surface area contributed by atoms with Crippen LogP contribution in [0.4, 0.5) is 39.8 Å². The summed E-state index contributed by atoms with van der Waals surface area (Å²) >= 11 is 0. The van der Waals surface area contributed by atoms with Gasteiger partial charge in [0.15, 0.2) is 0 Å². The highest BCUT2D eigenvalue weighted by molar-refractivity contribution is 6.10. The van der Waals surface area contributed by atoms with Crippen LogP contribution in [0.3, 0.4) is 0 Å². The maximum absolute atomic E-state index is 14.0. The number of carbonyl (C=O) groups excluding carboxylic acids is 7. The lowest BCUT2D eigenvalue weighted by Crippen LogP contribution is -2.30. The van der Waals surface area contributed by atoms with E-state index in [0.717, 1.165) is 5.56 Å². The van der Waals surface area contributed by atoms with Crippen molar-refractivity contribution in [3.8, 4) is 5.75 Å². The Labute approximate surface area is 564 Å². The van der Waals surface area contributed by atoms with Crippen molar-refractivity contribution in [1.82, 2.24) is 15.0 Å². The number of hydrogen-bond acceptors (Lipinski definition) is 16. The van der Waals surface area contributed by atoms with Gasteiger partial charge in [0.05, 0.1) is 90.9 Å². The molecule has 0 fully saturated rings. The summed E-state index contributed by atoms with van der Waals surface area (Å²) in [5.41, 5.74) is 6.68. The number of carbonyl (C=O) groups is 8. The zero-order chi connectivity index (χ0) is 69.0. The van der Waals surface area contributed by atoms with Crippen LogP contribution >= 0.6 is 0 Å². The molecular weight excluding hydrogens is 1260 g/mol. The van der Waals surface area contributed by atoms with Gasteiger partial charge in [-0.05, 0) is 188 Å². The van der Waals surface area contributed by atoms with Crippen molar-refractivity contribution in [3.63, 3.8) is 0 Å². The zero-order valence-corrected chi connectivity index (χ0v) is 53.7. The van der Waals surface area contributed by atoms with Crippen LogP contribution < -0.4 is 41.5 Å². The number of ether oxygens (including phenoxy) is 6. The summed E-state index contributed by atoms with van der Waals surface area (Å²) in [6.45, 7) is 4.94. The monoisotopic (exact) mass is 1330 g/mol. The summed E-state index contributed by atoms with van der Waals surface area (Å²) in [6.07, 6.45) is 2.28. The smallest absolute Gasteiger partial charge is 0.335 e. The van der Waals surface area contributed by atoms with E-state index in [-0.39, 0.29) is 24.4 Å². The highest BCUT2D eigenvalue weighted by Crippen LogP contribution is 2.24. The number of benzene rings is 8. The van der Waals surface area contributed by atoms with Crippen molar-refractivity contribution in [2.24, 2.45) is 0 Å². The van der Waals surface area contributed by atoms with E-state index in [1.165, 1.54) is 36.4 Å². The number of nitrogens with zero attached hydrogens (tertiary/aromatic N) is 4. The fourth-order valence-electron chi connectivity index (χ4n) is 9.46. The number of carboxylic acid groups (broad SMARTS) is 1. The van der Waals surface area contributed by atoms with Gasteiger partial charge in [0.1, 0.15) is 5.75 Å². The second kappa shape index (κ2) is 36.2. The van der Waals surface area contributed by atoms with Crippen LogP contribution in [0.2, 0.25) is 0 Å². The molecule has 0 spiro atoms. The Kier molecular flexibility index (Phi) is 26.1. The predicted molar refractivity (Wildman–Crippen MR) is 367 cm³/mol. The van der Waals surface area contributed by atoms with Crippen LogP contribution in [0.5, 0.6) is 5.75 Å². The molecule has 0 aliphatic heterocycles. The van der Waals surface area contributed by atoms with Gasteiger partial charge in [-0.15, -0.1) is 5.10 Å². The largest absolute Gasteiger partial charge is 0.497 e. The molecule has 1 aromatic heterocycles. The van der Waals surface area contributed by atoms with Crippen LogP contribution in [0.15, 0.2) is 200 Å². The highest BCUT2D eigenvalue weighted by atomic mass is 16.6. The molecule has 0 radical (unpaired) electrons. The molecule has 98 heavy (non-hydrogen) atoms. The average Bonchev–Trinajstić information content (AvgIpc) is 1.07. The third kappa shape index (κ3) is 21.6. The quantitative estimate of drug-likeness (QED) is 0.0182. The van der Waals surface area contributed by atoms with Crippen LogP contribution in [-0.4, -0.2) is 141 Å². The Morgan fingerprint density at radius 2 is 0.714 bits per heavy atom. The van der Waals surface area contributed by atoms with Gasteiger partial charge in [0.2, 0.25) is 5.91 Å². The van der Waals surface area contributed by atoms with Crippen molar-refractivity contribution in [2.75, 3.05) is 110 Å². The molecule has 9 aromatic rings. The summed E-state index contributed by atoms with van der Waals surface area (Å²) in [7, 11) is 3.21. The molecule has 25 nitrogen and oxygen atoms in total. The number of nitrogens with one attached hydrogen (secondary N) is 6. The number of anilines is 7. The summed E-state index contributed by atoms with van der Waals surface area (Å²) in [4.78, 5) is 106. The predicted octanol–water partition coefficient (Wildman–Crippen LogP) is 10.4. The number of rotatable bonds is 35. The lowest BCUT2D eigenvalue weighted by atomic mass is 10.1. The van der Waals surface area contributed by atoms with Crippen molar-refractivity contribution in [2.45, 2.75) is 25.9 Å². The Hall–Kier alpha value is -11.7. The highest BCUT2D eigenvalue weighted by Gasteiger charge is 2.20. The van der Waals surface area contributed by atoms with E-state index in [1.54, 1.807) is 163 Å². The topological polar surface area (TPSA) is 318 Å². The van der Waals surface area contributed by atoms with Gasteiger partial charge in [0, 0.05) is 99.3 Å². The molecule has 0 aliphatic rings. The summed E-state index contributed by atoms with van der Waals surface area (Å²) in [5, 5.41) is 34.3. The molecule has 0 saturated carbocycles. The van der Waals surface area contributed by atoms with Gasteiger partial charge in [-0.3, -0.25) is 33.6 Å². The minimum absolute atomic E-state index is 0.0916. The lowest BCUT2D eigenvalue weighted by molar-refractivity contribution is -0.118. The second-order valence-electron chi connectivity index (χ2n) is 21.8. The lowest BCUT2D eigenvalue weighted by Gasteiger charge is -2.23. The van der Waals surface area contributed by atoms with Gasteiger partial charge < -0.3 is 70.3 Å². The van der Waals surface area contributed by atoms with Gasteiger partial charge in [0.25, 0.3) is 35.4 Å². The molecule has 8 aromatic carbocycles. The van der Waals surface area contributed by atoms with Crippen LogP contribution in [0, 0.1) is 0 Å². The number of aryl methyl sites for hydroxylation is 1. The number of methoxy groups -OCH3 is 2. The number of amides is 7. The molecule has 0 atom stereocenters. The van der Waals surface area contributed by atoms with Gasteiger partial charge in [-0.2, -0.15) is 0 Å². The van der Waals surface area contributed by atoms with E-state index in [2.05, 4.69) is 42.2 Å². The molecule has 9 rings (SSSR count). The first kappa shape index (κ1) is 70.6. The Balaban J connectivity index is 0.683. The molecule has 0 unspecified atom stereocenters. The van der Waals surface area contributed by atoms with E-state index in [0.29, 0.717) is 157 Å². The molecule has 7 amide bonds. The van der Waals surface area contributed by atoms with Crippen LogP contribution in [-0.2, 0) is 48.0 Å². The third-order valence-electron chi connectivity index (χ3n) is 14.9. The van der Waals surface area contributed by atoms with Gasteiger partial charge in [-0.25, -0.2) is 9.48 Å². The fourth-order valence-corrected chi connectivity index (χ4v) is 9.46. The first-order chi connectivity index (χ1) is 47.7. The first-order valence-corrected chi connectivity index (χ1v) is 31.1. The average molecular weight is 1330 g/mol. The van der Waals surface area contributed by atoms with E-state index >= 15 is 0 Å². The van der Waals surface area contributed by atoms with Crippen molar-refractivity contribution < 1.29 is 71.9 Å². The fraction of sp³-hybridized carbons (Fsp3) is 0.205. The normalized spacial score (nSPS) is 10.8. The molecule has 504 valence electrons. The SMILES string of the molecule is COCCOCCOCCOCCOCCn1cc(CCC(=O)N(Cc2ccc(OC)cc2)c2ccc(C(=O)Nc3ccc(C(=O)Nc4ccc(C(=O)Nc5ccc(C(=O)Nc6ccc(C(=O)Nc7ccc(C(=O)Nc8ccc(C(=O)O)cc8)cc7)cc6)cc5)cc4)cc3)cc2)nn1. The molecule has 1 heterocycles. The third-order valence-corrected chi connectivity index (χ3v) is 14.9. The minimum atomic E-state index is -1.08. The Morgan fingerprint density at radius 1 is 0.398 bits per heavy atom. The van der Waals surface area contributed by atoms with Crippen molar-refractivity contribution in [1.29, 1.82) is 0 Å². The number of hydrogen-bond donors (Lipinski definition) is 7. The maximum atomic E-state index is 14.0. The summed E-state index contributed by atoms with van der Waals surface area (Å²) in [5.74, 6) is -3.08. The first-order valence-electron chi connectivity index (χ1n) is 31.1. The molecule has 0 saturated heterocycles. The summed E-state index contributed by atoms with van der Waals surface area (Å²) < 4.78 is 34.0. The Morgan fingerprint density at radius 3 is 1.04 bits per heavy atom. The molecular formula is C73H72N10O15. The zero-order valence-electron chi connectivity index (χ0n) is 53.7. The Bertz CT molecular complexity index is 4140. The van der Waals surface area contributed by atoms with Crippen LogP contribution in [0.1, 0.15) is 90.2 Å². The standard InChI is InChI=1S/C73H72N10O15/c1-93-39-40-96-43-44-98-46-45-97-42-41-95-38-37-82-48-63(80-81-82)31-36-66(84)83(47-49-3-34-65(94-2)35-4-49)64-32-17-55(18-33-64)72(90)78-61-27-13-53(14-28-61)70(88)76-59-23-9-51(10-24-59)68(86)74-57-19-5-50(6-20-57)67(85)75-58-21-7-52(8-22-58)69(87)77-60-25-11-54(12-26-60)71(89)79-62-29-15-56(16-30-62)73(91)92/h3-30,32-35,48H,31,36-47H2,1-2H3,(H,74,86)(H,75,85)(H,76,88)(H,77,87)(H,78,90)(H,79,89)(H,91,92). The van der Waals surface area contributed by atoms with Crippen molar-refractivity contribution >= 4 is 87.1 Å². The van der Waals surface area contributed by atoms with E-state index in [1.807, 2.05) is 24.3 Å². The molecule has 25 heteroatoms. The van der Waals surface area contributed by atoms with E-state index in [9.17, 15) is 38.4 Å². The summed E-state index contributed by atoms with van der Waals surface area (Å²) in [6, 6.07) is 51.2. The van der Waals surface area contributed by atoms with Crippen LogP contribution in [0.25, 0.3) is 0 Å².